The highest BCUT2D eigenvalue weighted by atomic mass is 16.5. The lowest BCUT2D eigenvalue weighted by Crippen LogP contribution is -2.33. The molecule has 0 atom stereocenters. The zero-order valence-electron chi connectivity index (χ0n) is 30.6. The molecule has 0 saturated carbocycles. The molecule has 0 amide bonds. The summed E-state index contributed by atoms with van der Waals surface area (Å²) in [5, 5.41) is 2.53. The van der Waals surface area contributed by atoms with E-state index in [-0.39, 0.29) is 5.41 Å². The minimum Gasteiger partial charge on any atom is -0.451 e. The van der Waals surface area contributed by atoms with Gasteiger partial charge in [-0.1, -0.05) is 129 Å². The van der Waals surface area contributed by atoms with Gasteiger partial charge in [-0.15, -0.1) is 0 Å². The van der Waals surface area contributed by atoms with Crippen LogP contribution in [0.2, 0.25) is 0 Å². The molecule has 0 aliphatic carbocycles. The zero-order valence-corrected chi connectivity index (χ0v) is 30.6. The Morgan fingerprint density at radius 3 is 1.76 bits per heavy atom. The average molecular weight is 708 g/mol. The summed E-state index contributed by atoms with van der Waals surface area (Å²) in [6.07, 6.45) is 0. The van der Waals surface area contributed by atoms with Crippen molar-refractivity contribution in [3.05, 3.63) is 199 Å². The lowest BCUT2D eigenvalue weighted by molar-refractivity contribution is 0.472. The minimum absolute atomic E-state index is 0.308. The molecule has 262 valence electrons. The second-order valence-corrected chi connectivity index (χ2v) is 15.0. The van der Waals surface area contributed by atoms with Gasteiger partial charge < -0.3 is 19.1 Å². The maximum absolute atomic E-state index is 7.14. The van der Waals surface area contributed by atoms with E-state index in [1.54, 1.807) is 0 Å². The molecule has 0 N–H and O–H groups in total. The van der Waals surface area contributed by atoms with E-state index in [1.165, 1.54) is 49.7 Å². The Morgan fingerprint density at radius 2 is 1.09 bits per heavy atom. The summed E-state index contributed by atoms with van der Waals surface area (Å²) in [4.78, 5) is 4.73. The van der Waals surface area contributed by atoms with Crippen molar-refractivity contribution in [3.63, 3.8) is 0 Å². The quantitative estimate of drug-likeness (QED) is 0.178. The van der Waals surface area contributed by atoms with E-state index in [9.17, 15) is 0 Å². The number of para-hydroxylation sites is 6. The Bertz CT molecular complexity index is 2830. The fraction of sp³-hybridized carbons (Fsp3) is 0.0588. The van der Waals surface area contributed by atoms with E-state index in [2.05, 4.69) is 216 Å². The molecule has 9 aromatic rings. The first kappa shape index (κ1) is 31.5. The third-order valence-electron chi connectivity index (χ3n) is 11.5. The Hall–Kier alpha value is -7.04. The van der Waals surface area contributed by atoms with Crippen LogP contribution < -0.4 is 14.5 Å². The molecule has 0 saturated heterocycles. The number of hydrogen-bond acceptors (Lipinski definition) is 3. The average Bonchev–Trinajstić information content (AvgIpc) is 3.58. The molecule has 11 rings (SSSR count). The van der Waals surface area contributed by atoms with E-state index in [0.29, 0.717) is 0 Å². The SMILES string of the molecule is CC1(C)c2ccccc2N2c3cccc(N(c4ccccc4)c4ccccc4)c3Oc3ccc(-c4ccc(-n5c6ccccc6c6ccccc65)cc4)c1c32. The number of rotatable bonds is 5. The van der Waals surface area contributed by atoms with Gasteiger partial charge in [0.05, 0.1) is 33.8 Å². The van der Waals surface area contributed by atoms with Crippen LogP contribution in [0.4, 0.5) is 34.1 Å². The highest BCUT2D eigenvalue weighted by Gasteiger charge is 2.44. The Labute approximate surface area is 320 Å². The molecule has 0 spiro atoms. The largest absolute Gasteiger partial charge is 0.451 e. The monoisotopic (exact) mass is 707 g/mol. The zero-order chi connectivity index (χ0) is 36.7. The van der Waals surface area contributed by atoms with Crippen molar-refractivity contribution in [2.75, 3.05) is 9.80 Å². The predicted molar refractivity (Wildman–Crippen MR) is 228 cm³/mol. The fourth-order valence-electron chi connectivity index (χ4n) is 9.10. The molecule has 2 aliphatic heterocycles. The van der Waals surface area contributed by atoms with E-state index >= 15 is 0 Å². The second kappa shape index (κ2) is 12.0. The number of aromatic nitrogens is 1. The number of nitrogens with zero attached hydrogens (tertiary/aromatic N) is 3. The maximum atomic E-state index is 7.14. The normalized spacial score (nSPS) is 13.5. The highest BCUT2D eigenvalue weighted by Crippen LogP contribution is 2.63. The van der Waals surface area contributed by atoms with Crippen LogP contribution in [0.25, 0.3) is 38.6 Å². The molecule has 8 aromatic carbocycles. The van der Waals surface area contributed by atoms with Crippen molar-refractivity contribution in [3.8, 4) is 28.3 Å². The lowest BCUT2D eigenvalue weighted by Gasteiger charge is -2.46. The predicted octanol–water partition coefficient (Wildman–Crippen LogP) is 14.1. The van der Waals surface area contributed by atoms with Crippen LogP contribution in [-0.2, 0) is 5.41 Å². The van der Waals surface area contributed by atoms with E-state index in [4.69, 9.17) is 4.74 Å². The molecule has 3 heterocycles. The molecule has 0 unspecified atom stereocenters. The highest BCUT2D eigenvalue weighted by molar-refractivity contribution is 6.09. The van der Waals surface area contributed by atoms with Crippen LogP contribution in [0.3, 0.4) is 0 Å². The van der Waals surface area contributed by atoms with Gasteiger partial charge in [0, 0.05) is 33.2 Å². The number of fused-ring (bicyclic) bond motifs is 7. The van der Waals surface area contributed by atoms with E-state index < -0.39 is 0 Å². The molecule has 2 aliphatic rings. The van der Waals surface area contributed by atoms with Gasteiger partial charge in [-0.05, 0) is 95.1 Å². The Morgan fingerprint density at radius 1 is 0.509 bits per heavy atom. The number of anilines is 6. The Balaban J connectivity index is 1.09. The van der Waals surface area contributed by atoms with Gasteiger partial charge in [0.1, 0.15) is 0 Å². The molecule has 4 nitrogen and oxygen atoms in total. The van der Waals surface area contributed by atoms with Gasteiger partial charge >= 0.3 is 0 Å². The first-order valence-corrected chi connectivity index (χ1v) is 19.0. The minimum atomic E-state index is -0.308. The van der Waals surface area contributed by atoms with Crippen molar-refractivity contribution < 1.29 is 4.74 Å². The standard InChI is InChI=1S/C51H37N3O/c1-51(2)41-22-11-14-25-44(41)54-46-27-15-26-45(52(35-16-5-3-6-17-35)36-18-7-4-8-19-36)50(46)55-47-33-32-38(48(51)49(47)54)34-28-30-37(31-29-34)53-42-23-12-9-20-39(42)40-21-10-13-24-43(40)53/h3-33H,1-2H3. The van der Waals surface area contributed by atoms with Crippen molar-refractivity contribution in [2.45, 2.75) is 19.3 Å². The first-order valence-electron chi connectivity index (χ1n) is 19.0. The number of ether oxygens (including phenoxy) is 1. The molecular weight excluding hydrogens is 671 g/mol. The lowest BCUT2D eigenvalue weighted by atomic mass is 9.70. The summed E-state index contributed by atoms with van der Waals surface area (Å²) in [6, 6.07) is 67.3. The second-order valence-electron chi connectivity index (χ2n) is 15.0. The van der Waals surface area contributed by atoms with Crippen LogP contribution in [0.15, 0.2) is 188 Å². The van der Waals surface area contributed by atoms with Gasteiger partial charge in [0.25, 0.3) is 0 Å². The molecule has 1 aromatic heterocycles. The molecule has 4 heteroatoms. The van der Waals surface area contributed by atoms with Crippen LogP contribution in [-0.4, -0.2) is 4.57 Å². The van der Waals surface area contributed by atoms with Gasteiger partial charge in [0.15, 0.2) is 11.5 Å². The molecule has 55 heavy (non-hydrogen) atoms. The van der Waals surface area contributed by atoms with Gasteiger partial charge in [-0.2, -0.15) is 0 Å². The smallest absolute Gasteiger partial charge is 0.175 e. The summed E-state index contributed by atoms with van der Waals surface area (Å²) in [5.74, 6) is 1.68. The van der Waals surface area contributed by atoms with Crippen molar-refractivity contribution >= 4 is 55.9 Å². The van der Waals surface area contributed by atoms with E-state index in [0.717, 1.165) is 45.6 Å². The van der Waals surface area contributed by atoms with Gasteiger partial charge in [-0.3, -0.25) is 0 Å². The van der Waals surface area contributed by atoms with Crippen molar-refractivity contribution in [1.82, 2.24) is 4.57 Å². The van der Waals surface area contributed by atoms with Crippen LogP contribution >= 0.6 is 0 Å². The molecular formula is C51H37N3O. The summed E-state index contributed by atoms with van der Waals surface area (Å²) >= 11 is 0. The summed E-state index contributed by atoms with van der Waals surface area (Å²) in [6.45, 7) is 4.71. The number of hydrogen-bond donors (Lipinski definition) is 0. The molecule has 0 bridgehead atoms. The summed E-state index contributed by atoms with van der Waals surface area (Å²) < 4.78 is 9.52. The van der Waals surface area contributed by atoms with Crippen molar-refractivity contribution in [1.29, 1.82) is 0 Å². The first-order chi connectivity index (χ1) is 27.1. The van der Waals surface area contributed by atoms with Gasteiger partial charge in [0.2, 0.25) is 0 Å². The number of benzene rings is 8. The summed E-state index contributed by atoms with van der Waals surface area (Å²) in [5.41, 5.74) is 14.6. The molecule has 0 radical (unpaired) electrons. The van der Waals surface area contributed by atoms with E-state index in [1.807, 2.05) is 0 Å². The van der Waals surface area contributed by atoms with Crippen molar-refractivity contribution in [2.24, 2.45) is 0 Å². The van der Waals surface area contributed by atoms with Crippen LogP contribution in [0.1, 0.15) is 25.0 Å². The third-order valence-corrected chi connectivity index (χ3v) is 11.5. The van der Waals surface area contributed by atoms with Crippen LogP contribution in [0.5, 0.6) is 11.5 Å². The maximum Gasteiger partial charge on any atom is 0.175 e. The fourth-order valence-corrected chi connectivity index (χ4v) is 9.10. The van der Waals surface area contributed by atoms with Gasteiger partial charge in [-0.25, -0.2) is 0 Å². The topological polar surface area (TPSA) is 20.6 Å². The third kappa shape index (κ3) is 4.64. The Kier molecular flexibility index (Phi) is 6.86. The molecule has 0 fully saturated rings. The van der Waals surface area contributed by atoms with Crippen LogP contribution in [0, 0.1) is 0 Å². The summed E-state index contributed by atoms with van der Waals surface area (Å²) in [7, 11) is 0.